The van der Waals surface area contributed by atoms with E-state index in [-0.39, 0.29) is 25.5 Å². The van der Waals surface area contributed by atoms with Crippen molar-refractivity contribution < 1.29 is 19.1 Å². The van der Waals surface area contributed by atoms with Crippen LogP contribution in [0.3, 0.4) is 0 Å². The van der Waals surface area contributed by atoms with Crippen LogP contribution in [0, 0.1) is 0 Å². The number of carbonyl (C=O) groups is 3. The summed E-state index contributed by atoms with van der Waals surface area (Å²) in [7, 11) is 3.89. The first kappa shape index (κ1) is 16.7. The van der Waals surface area contributed by atoms with E-state index in [4.69, 9.17) is 4.74 Å². The standard InChI is InChI=1S/C17H20N2O4/c1-4-23-16(21)11-19-15(20)10-13(17(19)22)9-12-5-7-14(8-6-12)18(2)3/h5-9H,4,10-11H2,1-3H3/b13-9+. The Morgan fingerprint density at radius 1 is 1.26 bits per heavy atom. The first-order chi connectivity index (χ1) is 10.9. The molecule has 1 aliphatic heterocycles. The smallest absolute Gasteiger partial charge is 0.326 e. The minimum Gasteiger partial charge on any atom is -0.465 e. The first-order valence-electron chi connectivity index (χ1n) is 7.40. The maximum Gasteiger partial charge on any atom is 0.326 e. The zero-order valence-corrected chi connectivity index (χ0v) is 13.5. The Balaban J connectivity index is 2.13. The number of amides is 2. The number of carbonyl (C=O) groups excluding carboxylic acids is 3. The summed E-state index contributed by atoms with van der Waals surface area (Å²) in [5, 5.41) is 0. The molecule has 0 radical (unpaired) electrons. The van der Waals surface area contributed by atoms with Gasteiger partial charge in [0.1, 0.15) is 6.54 Å². The fraction of sp³-hybridized carbons (Fsp3) is 0.353. The molecule has 1 heterocycles. The van der Waals surface area contributed by atoms with E-state index in [0.29, 0.717) is 5.57 Å². The molecule has 1 aromatic rings. The number of ether oxygens (including phenoxy) is 1. The third-order valence-electron chi connectivity index (χ3n) is 3.51. The van der Waals surface area contributed by atoms with Crippen molar-refractivity contribution in [3.63, 3.8) is 0 Å². The van der Waals surface area contributed by atoms with Gasteiger partial charge in [0.25, 0.3) is 5.91 Å². The molecule has 1 saturated heterocycles. The molecule has 0 aliphatic carbocycles. The Kier molecular flexibility index (Phi) is 5.16. The summed E-state index contributed by atoms with van der Waals surface area (Å²) >= 11 is 0. The van der Waals surface area contributed by atoms with Crippen molar-refractivity contribution in [3.8, 4) is 0 Å². The highest BCUT2D eigenvalue weighted by Gasteiger charge is 2.35. The van der Waals surface area contributed by atoms with E-state index in [1.807, 2.05) is 43.3 Å². The fourth-order valence-electron chi connectivity index (χ4n) is 2.30. The summed E-state index contributed by atoms with van der Waals surface area (Å²) in [5.74, 6) is -1.38. The van der Waals surface area contributed by atoms with E-state index < -0.39 is 11.9 Å². The average molecular weight is 316 g/mol. The van der Waals surface area contributed by atoms with Gasteiger partial charge >= 0.3 is 5.97 Å². The number of benzene rings is 1. The van der Waals surface area contributed by atoms with Gasteiger partial charge in [0.15, 0.2) is 0 Å². The molecule has 2 amide bonds. The van der Waals surface area contributed by atoms with Gasteiger partial charge < -0.3 is 9.64 Å². The second kappa shape index (κ2) is 7.09. The molecule has 0 saturated carbocycles. The van der Waals surface area contributed by atoms with Crippen molar-refractivity contribution in [2.24, 2.45) is 0 Å². The van der Waals surface area contributed by atoms with Gasteiger partial charge in [-0.2, -0.15) is 0 Å². The maximum absolute atomic E-state index is 12.3. The second-order valence-corrected chi connectivity index (χ2v) is 5.42. The number of hydrogen-bond acceptors (Lipinski definition) is 5. The summed E-state index contributed by atoms with van der Waals surface area (Å²) in [6, 6.07) is 7.64. The maximum atomic E-state index is 12.3. The molecular weight excluding hydrogens is 296 g/mol. The van der Waals surface area contributed by atoms with Crippen molar-refractivity contribution in [2.45, 2.75) is 13.3 Å². The highest BCUT2D eigenvalue weighted by Crippen LogP contribution is 2.22. The molecular formula is C17H20N2O4. The third kappa shape index (κ3) is 3.97. The van der Waals surface area contributed by atoms with Gasteiger partial charge in [-0.25, -0.2) is 0 Å². The molecule has 1 aromatic carbocycles. The number of nitrogens with zero attached hydrogens (tertiary/aromatic N) is 2. The van der Waals surface area contributed by atoms with Crippen LogP contribution in [0.15, 0.2) is 29.8 Å². The van der Waals surface area contributed by atoms with Crippen LogP contribution in [0.25, 0.3) is 6.08 Å². The topological polar surface area (TPSA) is 66.9 Å². The van der Waals surface area contributed by atoms with Crippen molar-refractivity contribution >= 4 is 29.5 Å². The number of rotatable bonds is 5. The van der Waals surface area contributed by atoms with Gasteiger partial charge in [-0.15, -0.1) is 0 Å². The van der Waals surface area contributed by atoms with Gasteiger partial charge in [0.2, 0.25) is 5.91 Å². The van der Waals surface area contributed by atoms with Crippen molar-refractivity contribution in [2.75, 3.05) is 32.1 Å². The van der Waals surface area contributed by atoms with Gasteiger partial charge in [-0.1, -0.05) is 12.1 Å². The molecule has 0 aromatic heterocycles. The Labute approximate surface area is 135 Å². The van der Waals surface area contributed by atoms with Crippen LogP contribution in [0.5, 0.6) is 0 Å². The number of imide groups is 1. The van der Waals surface area contributed by atoms with Gasteiger partial charge in [-0.05, 0) is 30.7 Å². The summed E-state index contributed by atoms with van der Waals surface area (Å²) in [6.45, 7) is 1.56. The van der Waals surface area contributed by atoms with Crippen LogP contribution in [-0.2, 0) is 19.1 Å². The summed E-state index contributed by atoms with van der Waals surface area (Å²) in [5.41, 5.74) is 2.27. The third-order valence-corrected chi connectivity index (χ3v) is 3.51. The zero-order chi connectivity index (χ0) is 17.0. The molecule has 122 valence electrons. The molecule has 0 N–H and O–H groups in total. The van der Waals surface area contributed by atoms with Crippen LogP contribution in [0.1, 0.15) is 18.9 Å². The Morgan fingerprint density at radius 3 is 2.48 bits per heavy atom. The van der Waals surface area contributed by atoms with Crippen molar-refractivity contribution in [3.05, 3.63) is 35.4 Å². The SMILES string of the molecule is CCOC(=O)CN1C(=O)C/C(=C\c2ccc(N(C)C)cc2)C1=O. The molecule has 0 atom stereocenters. The highest BCUT2D eigenvalue weighted by molar-refractivity contribution is 6.16. The molecule has 6 heteroatoms. The minimum atomic E-state index is -0.578. The minimum absolute atomic E-state index is 0.00761. The monoisotopic (exact) mass is 316 g/mol. The van der Waals surface area contributed by atoms with Crippen LogP contribution >= 0.6 is 0 Å². The first-order valence-corrected chi connectivity index (χ1v) is 7.40. The predicted octanol–water partition coefficient (Wildman–Crippen LogP) is 1.46. The largest absolute Gasteiger partial charge is 0.465 e. The van der Waals surface area contributed by atoms with Crippen molar-refractivity contribution in [1.29, 1.82) is 0 Å². The van der Waals surface area contributed by atoms with E-state index >= 15 is 0 Å². The van der Waals surface area contributed by atoms with E-state index in [0.717, 1.165) is 16.2 Å². The Bertz CT molecular complexity index is 647. The van der Waals surface area contributed by atoms with E-state index in [9.17, 15) is 14.4 Å². The predicted molar refractivity (Wildman–Crippen MR) is 86.7 cm³/mol. The second-order valence-electron chi connectivity index (χ2n) is 5.42. The zero-order valence-electron chi connectivity index (χ0n) is 13.5. The summed E-state index contributed by atoms with van der Waals surface area (Å²) in [6.07, 6.45) is 1.69. The molecule has 2 rings (SSSR count). The molecule has 0 unspecified atom stereocenters. The number of hydrogen-bond donors (Lipinski definition) is 0. The van der Waals surface area contributed by atoms with Crippen LogP contribution in [-0.4, -0.2) is 49.9 Å². The summed E-state index contributed by atoms with van der Waals surface area (Å²) < 4.78 is 4.78. The van der Waals surface area contributed by atoms with Gasteiger partial charge in [0.05, 0.1) is 13.0 Å². The summed E-state index contributed by atoms with van der Waals surface area (Å²) in [4.78, 5) is 38.6. The molecule has 0 bridgehead atoms. The molecule has 6 nitrogen and oxygen atoms in total. The number of esters is 1. The lowest BCUT2D eigenvalue weighted by Gasteiger charge is -2.12. The Morgan fingerprint density at radius 2 is 1.91 bits per heavy atom. The van der Waals surface area contributed by atoms with E-state index in [2.05, 4.69) is 0 Å². The van der Waals surface area contributed by atoms with E-state index in [1.54, 1.807) is 13.0 Å². The normalized spacial score (nSPS) is 16.1. The molecule has 23 heavy (non-hydrogen) atoms. The van der Waals surface area contributed by atoms with Crippen molar-refractivity contribution in [1.82, 2.24) is 4.90 Å². The number of anilines is 1. The van der Waals surface area contributed by atoms with Crippen LogP contribution in [0.2, 0.25) is 0 Å². The average Bonchev–Trinajstić information content (AvgIpc) is 2.76. The fourth-order valence-corrected chi connectivity index (χ4v) is 2.30. The lowest BCUT2D eigenvalue weighted by atomic mass is 10.1. The van der Waals surface area contributed by atoms with E-state index in [1.165, 1.54) is 0 Å². The highest BCUT2D eigenvalue weighted by atomic mass is 16.5. The van der Waals surface area contributed by atoms with Crippen LogP contribution in [0.4, 0.5) is 5.69 Å². The lowest BCUT2D eigenvalue weighted by Crippen LogP contribution is -2.35. The quantitative estimate of drug-likeness (QED) is 0.467. The van der Waals surface area contributed by atoms with Crippen LogP contribution < -0.4 is 4.90 Å². The van der Waals surface area contributed by atoms with Gasteiger partial charge in [-0.3, -0.25) is 19.3 Å². The number of likely N-dealkylation sites (tertiary alicyclic amines) is 1. The Hall–Kier alpha value is -2.63. The lowest BCUT2D eigenvalue weighted by molar-refractivity contribution is -0.151. The molecule has 1 aliphatic rings. The molecule has 1 fully saturated rings. The van der Waals surface area contributed by atoms with Gasteiger partial charge in [0, 0.05) is 25.4 Å². The molecule has 0 spiro atoms.